The van der Waals surface area contributed by atoms with Gasteiger partial charge in [-0.25, -0.2) is 50.5 Å². The summed E-state index contributed by atoms with van der Waals surface area (Å²) >= 11 is 12.5. The molecule has 30 heteroatoms. The molecule has 5 aliphatic rings. The summed E-state index contributed by atoms with van der Waals surface area (Å²) in [5, 5.41) is 6.44. The zero-order chi connectivity index (χ0) is 91.0. The van der Waals surface area contributed by atoms with Crippen molar-refractivity contribution in [2.75, 3.05) is 38.0 Å². The number of hydrogen-bond donors (Lipinski definition) is 0. The Bertz CT molecular complexity index is 6990. The second-order valence-corrected chi connectivity index (χ2v) is 41.8. The lowest BCUT2D eigenvalue weighted by molar-refractivity contribution is -0.401. The molecule has 0 atom stereocenters. The molecular weight excluding hydrogens is 1750 g/mol. The van der Waals surface area contributed by atoms with Crippen molar-refractivity contribution >= 4 is 172 Å². The summed E-state index contributed by atoms with van der Waals surface area (Å²) in [4.78, 5) is 1.35. The van der Waals surface area contributed by atoms with Crippen LogP contribution in [0.3, 0.4) is 0 Å². The van der Waals surface area contributed by atoms with Crippen molar-refractivity contribution in [2.24, 2.45) is 0 Å². The number of allylic oxidation sites excluding steroid dienone is 12. The first-order valence-electron chi connectivity index (χ1n) is 39.2. The van der Waals surface area contributed by atoms with Gasteiger partial charge in [-0.05, 0) is 182 Å². The number of anilines is 2. The second-order valence-electron chi connectivity index (χ2n) is 32.8. The average Bonchev–Trinajstić information content (AvgIpc) is 1.59. The smallest absolute Gasteiger partial charge is 0.210 e. The van der Waals surface area contributed by atoms with Crippen molar-refractivity contribution < 1.29 is 87.0 Å². The van der Waals surface area contributed by atoms with E-state index in [4.69, 9.17) is 23.2 Å². The fraction of sp³-hybridized carbons (Fsp3) is 0.200. The number of benzene rings is 12. The molecule has 0 radical (unpaired) electrons. The summed E-state index contributed by atoms with van der Waals surface area (Å²) in [7, 11) is -19.7. The molecule has 17 rings (SSSR count). The van der Waals surface area contributed by atoms with E-state index in [1.54, 1.807) is 0 Å². The first-order chi connectivity index (χ1) is 58.4. The number of hydrogen-bond acceptors (Lipinski definition) is 20. The average molecular weight is 1840 g/mol. The minimum absolute atomic E-state index is 0.0580. The molecule has 0 saturated carbocycles. The molecule has 0 spiro atoms. The number of nitrogens with zero attached hydrogens (tertiary/aromatic N) is 4. The van der Waals surface area contributed by atoms with E-state index >= 15 is 0 Å². The van der Waals surface area contributed by atoms with Gasteiger partial charge >= 0.3 is 0 Å². The topological polar surface area (TPSA) is 356 Å². The number of likely N-dealkylation sites (N-methyl/N-ethyl adjacent to an activating group) is 2. The largest absolute Gasteiger partial charge is 0.744 e. The Kier molecular flexibility index (Phi) is 25.2. The molecule has 125 heavy (non-hydrogen) atoms. The maximum Gasteiger partial charge on any atom is 0.210 e. The molecular formula is C95H86Cl2N4O18S6-4. The van der Waals surface area contributed by atoms with Crippen LogP contribution in [0.2, 0.25) is 10.0 Å². The van der Waals surface area contributed by atoms with Crippen molar-refractivity contribution in [3.8, 4) is 0 Å². The summed E-state index contributed by atoms with van der Waals surface area (Å²) in [6.07, 6.45) is 22.0. The van der Waals surface area contributed by atoms with Crippen molar-refractivity contribution in [1.82, 2.24) is 0 Å². The minimum Gasteiger partial charge on any atom is -0.744 e. The van der Waals surface area contributed by atoms with Crippen molar-refractivity contribution in [3.63, 3.8) is 0 Å². The van der Waals surface area contributed by atoms with Crippen LogP contribution in [0.25, 0.3) is 53.9 Å². The van der Waals surface area contributed by atoms with Gasteiger partial charge in [0, 0.05) is 125 Å². The molecule has 648 valence electrons. The van der Waals surface area contributed by atoms with Gasteiger partial charge < -0.3 is 37.1 Å². The number of fused-ring (bicyclic) bond motifs is 11. The molecule has 0 bridgehead atoms. The van der Waals surface area contributed by atoms with Crippen LogP contribution in [0, 0.1) is 0 Å². The summed E-state index contributed by atoms with van der Waals surface area (Å²) in [6.45, 7) is 18.5. The highest BCUT2D eigenvalue weighted by Crippen LogP contribution is 2.52. The van der Waals surface area contributed by atoms with Crippen LogP contribution < -0.4 is 9.80 Å². The van der Waals surface area contributed by atoms with Gasteiger partial charge in [-0.15, -0.1) is 0 Å². The first-order valence-corrected chi connectivity index (χ1v) is 48.4. The fourth-order valence-corrected chi connectivity index (χ4v) is 22.3. The van der Waals surface area contributed by atoms with E-state index in [1.807, 2.05) is 12.1 Å². The third kappa shape index (κ3) is 18.3. The number of halogens is 2. The van der Waals surface area contributed by atoms with Crippen LogP contribution in [0.15, 0.2) is 319 Å². The van der Waals surface area contributed by atoms with Crippen LogP contribution in [0.5, 0.6) is 0 Å². The molecule has 0 fully saturated rings. The van der Waals surface area contributed by atoms with E-state index in [-0.39, 0.29) is 54.0 Å². The van der Waals surface area contributed by atoms with Crippen LogP contribution in [-0.4, -0.2) is 127 Å². The van der Waals surface area contributed by atoms with E-state index in [1.165, 1.54) is 180 Å². The SMILES string of the molecule is CN1C(=CC=C2C=C(C=CC3=[N+](C)c4ccc5ccccc5c4C3(C)C)CCC2)C(C)(C)c2c1ccc1ccccc21.CN1C(=CC=CC2=[N+](C)c3ccc(Cl)cc3C2(C)C)C(C)(C)c2cc(Cl)ccc21.O=S(=O)([O-])c1cccc2c(S(=O)(=O)[O-])cccc12.O=S(=O)([O-])c1cccc2c(S(=O)(=O)[O-])cccc12.O=S(=O)([O-])c1cccc2c(S(=O)(=O)[O-])cccc12. The standard InChI is InChI=1S/C40H41N2.C25H27Cl2N2.3C10H8O6S2/c1-39(2)35(41(5)33-22-20-29-14-7-9-16-31(29)37(33)39)24-18-27-12-11-13-28(26-27)19-25-36-40(3,4)38-32-17-10-8-15-30(32)21-23-34(38)42(36)6;1-24(2)18-14-16(26)10-12-20(18)28(5)22(24)8-7-9-23-25(3,4)19-15-17(27)11-13-21(19)29(23)6;3*11-17(12,13)9-5-1-3-7-8(9)4-2-6-10(7)18(14,15)16/h7-10,14-26H,11-13H2,1-6H3;7-15H,1-6H3;3*1-6H,(H,11,12,13)(H,14,15,16)/q2*+1;;;/p-6. The summed E-state index contributed by atoms with van der Waals surface area (Å²) in [5.74, 6) is 0. The Morgan fingerprint density at radius 1 is 0.344 bits per heavy atom. The Morgan fingerprint density at radius 3 is 1.15 bits per heavy atom. The zero-order valence-corrected chi connectivity index (χ0v) is 76.3. The van der Waals surface area contributed by atoms with Gasteiger partial charge in [0.05, 0.1) is 40.2 Å². The normalized spacial score (nSPS) is 17.4. The third-order valence-electron chi connectivity index (χ3n) is 23.6. The molecule has 22 nitrogen and oxygen atoms in total. The van der Waals surface area contributed by atoms with E-state index in [9.17, 15) is 77.8 Å². The van der Waals surface area contributed by atoms with Gasteiger partial charge in [0.2, 0.25) is 11.4 Å². The van der Waals surface area contributed by atoms with Crippen LogP contribution in [0.4, 0.5) is 22.7 Å². The molecule has 4 aliphatic heterocycles. The maximum absolute atomic E-state index is 11.0. The molecule has 12 aromatic rings. The first kappa shape index (κ1) is 92.0. The van der Waals surface area contributed by atoms with Crippen molar-refractivity contribution in [1.29, 1.82) is 0 Å². The van der Waals surface area contributed by atoms with Gasteiger partial charge in [-0.3, -0.25) is 0 Å². The monoisotopic (exact) mass is 1830 g/mol. The van der Waals surface area contributed by atoms with Crippen molar-refractivity contribution in [3.05, 3.63) is 322 Å². The predicted molar refractivity (Wildman–Crippen MR) is 485 cm³/mol. The minimum atomic E-state index is -4.74. The highest BCUT2D eigenvalue weighted by molar-refractivity contribution is 7.87. The zero-order valence-electron chi connectivity index (χ0n) is 69.9. The molecule has 0 unspecified atom stereocenters. The molecule has 1 aliphatic carbocycles. The Balaban J connectivity index is 0.000000141. The van der Waals surface area contributed by atoms with Gasteiger partial charge in [0.15, 0.2) is 11.4 Å². The lowest BCUT2D eigenvalue weighted by atomic mass is 9.79. The Labute approximate surface area is 738 Å². The van der Waals surface area contributed by atoms with Gasteiger partial charge in [-0.1, -0.05) is 203 Å². The molecule has 12 aromatic carbocycles. The third-order valence-corrected chi connectivity index (χ3v) is 29.5. The Hall–Kier alpha value is -10.6. The van der Waals surface area contributed by atoms with Crippen LogP contribution in [0.1, 0.15) is 96.9 Å². The van der Waals surface area contributed by atoms with Gasteiger partial charge in [0.1, 0.15) is 74.8 Å². The number of rotatable bonds is 11. The fourth-order valence-electron chi connectivity index (χ4n) is 17.8. The quantitative estimate of drug-likeness (QED) is 0.0857. The van der Waals surface area contributed by atoms with Gasteiger partial charge in [-0.2, -0.15) is 9.15 Å². The molecule has 0 N–H and O–H groups in total. The van der Waals surface area contributed by atoms with Crippen LogP contribution >= 0.6 is 23.2 Å². The highest BCUT2D eigenvalue weighted by Gasteiger charge is 2.46. The molecule has 0 amide bonds. The van der Waals surface area contributed by atoms with E-state index < -0.39 is 90.1 Å². The summed E-state index contributed by atoms with van der Waals surface area (Å²) in [5.41, 5.74) is 18.2. The lowest BCUT2D eigenvalue weighted by Crippen LogP contribution is -2.26. The van der Waals surface area contributed by atoms with E-state index in [0.717, 1.165) is 59.3 Å². The predicted octanol–water partition coefficient (Wildman–Crippen LogP) is 18.7. The lowest BCUT2D eigenvalue weighted by Gasteiger charge is -2.24. The summed E-state index contributed by atoms with van der Waals surface area (Å²) < 4.78 is 203. The molecule has 4 heterocycles. The van der Waals surface area contributed by atoms with Gasteiger partial charge in [0.25, 0.3) is 0 Å². The van der Waals surface area contributed by atoms with Crippen LogP contribution in [-0.2, 0) is 82.4 Å². The Morgan fingerprint density at radius 2 is 0.704 bits per heavy atom. The van der Waals surface area contributed by atoms with E-state index in [0.29, 0.717) is 0 Å². The maximum atomic E-state index is 11.0. The summed E-state index contributed by atoms with van der Waals surface area (Å²) in [6, 6.07) is 60.2. The molecule has 0 aromatic heterocycles. The highest BCUT2D eigenvalue weighted by atomic mass is 35.5. The molecule has 0 saturated heterocycles. The van der Waals surface area contributed by atoms with E-state index in [2.05, 4.69) is 248 Å². The second kappa shape index (κ2) is 34.3. The van der Waals surface area contributed by atoms with Crippen molar-refractivity contribution in [2.45, 2.75) is 126 Å².